The lowest BCUT2D eigenvalue weighted by Gasteiger charge is -2.14. The number of nitrogens with one attached hydrogen (secondary N) is 1. The maximum Gasteiger partial charge on any atom is 0.254 e. The lowest BCUT2D eigenvalue weighted by atomic mass is 10.1. The highest BCUT2D eigenvalue weighted by molar-refractivity contribution is 5.94. The van der Waals surface area contributed by atoms with Gasteiger partial charge in [-0.3, -0.25) is 4.79 Å². The van der Waals surface area contributed by atoms with Crippen LogP contribution in [0.1, 0.15) is 22.8 Å². The third kappa shape index (κ3) is 3.57. The van der Waals surface area contributed by atoms with E-state index in [1.807, 2.05) is 6.92 Å². The van der Waals surface area contributed by atoms with Crippen LogP contribution in [0.25, 0.3) is 0 Å². The van der Waals surface area contributed by atoms with Crippen LogP contribution < -0.4 is 5.32 Å². The van der Waals surface area contributed by atoms with Crippen LogP contribution in [0.4, 0.5) is 4.39 Å². The number of aromatic hydroxyl groups is 1. The molecule has 104 valence electrons. The average molecular weight is 273 g/mol. The smallest absolute Gasteiger partial charge is 0.254 e. The summed E-state index contributed by atoms with van der Waals surface area (Å²) in [5.74, 6) is -0.743. The molecule has 0 saturated carbocycles. The Morgan fingerprint density at radius 3 is 2.50 bits per heavy atom. The Hall–Kier alpha value is -2.36. The van der Waals surface area contributed by atoms with Gasteiger partial charge >= 0.3 is 0 Å². The van der Waals surface area contributed by atoms with E-state index in [1.54, 1.807) is 36.4 Å². The third-order valence-electron chi connectivity index (χ3n) is 2.97. The lowest BCUT2D eigenvalue weighted by molar-refractivity contribution is 0.0936. The van der Waals surface area contributed by atoms with Gasteiger partial charge in [-0.2, -0.15) is 0 Å². The number of hydrogen-bond acceptors (Lipinski definition) is 2. The summed E-state index contributed by atoms with van der Waals surface area (Å²) in [7, 11) is 0. The second-order valence-corrected chi connectivity index (χ2v) is 4.72. The van der Waals surface area contributed by atoms with Gasteiger partial charge in [-0.05, 0) is 43.2 Å². The first-order chi connectivity index (χ1) is 9.56. The first kappa shape index (κ1) is 14.1. The number of rotatable bonds is 4. The Balaban J connectivity index is 1.98. The van der Waals surface area contributed by atoms with Crippen LogP contribution in [0.2, 0.25) is 0 Å². The van der Waals surface area contributed by atoms with Crippen LogP contribution in [0.5, 0.6) is 5.75 Å². The molecule has 1 amide bonds. The lowest BCUT2D eigenvalue weighted by Crippen LogP contribution is -2.34. The second-order valence-electron chi connectivity index (χ2n) is 4.72. The van der Waals surface area contributed by atoms with Crippen molar-refractivity contribution in [2.45, 2.75) is 19.4 Å². The summed E-state index contributed by atoms with van der Waals surface area (Å²) in [5.41, 5.74) is 1.04. The monoisotopic (exact) mass is 273 g/mol. The van der Waals surface area contributed by atoms with E-state index in [-0.39, 0.29) is 17.4 Å². The number of carbonyl (C=O) groups is 1. The zero-order valence-corrected chi connectivity index (χ0v) is 11.1. The molecule has 0 heterocycles. The molecule has 0 aromatic heterocycles. The maximum absolute atomic E-state index is 13.5. The number of phenolic OH excluding ortho intramolecular Hbond substituents is 1. The van der Waals surface area contributed by atoms with Gasteiger partial charge in [0.15, 0.2) is 0 Å². The molecule has 0 bridgehead atoms. The Bertz CT molecular complexity index is 596. The highest BCUT2D eigenvalue weighted by atomic mass is 19.1. The summed E-state index contributed by atoms with van der Waals surface area (Å²) in [6, 6.07) is 12.5. The first-order valence-corrected chi connectivity index (χ1v) is 6.39. The summed E-state index contributed by atoms with van der Waals surface area (Å²) in [5, 5.41) is 12.0. The largest absolute Gasteiger partial charge is 0.508 e. The van der Waals surface area contributed by atoms with Crippen LogP contribution in [0.3, 0.4) is 0 Å². The molecule has 0 aliphatic rings. The van der Waals surface area contributed by atoms with E-state index in [4.69, 9.17) is 0 Å². The normalized spacial score (nSPS) is 11.9. The number of carbonyl (C=O) groups excluding carboxylic acids is 1. The summed E-state index contributed by atoms with van der Waals surface area (Å²) >= 11 is 0. The van der Waals surface area contributed by atoms with Crippen molar-refractivity contribution >= 4 is 5.91 Å². The molecule has 0 aliphatic carbocycles. The highest BCUT2D eigenvalue weighted by Gasteiger charge is 2.13. The zero-order chi connectivity index (χ0) is 14.5. The molecule has 2 N–H and O–H groups in total. The van der Waals surface area contributed by atoms with Crippen LogP contribution in [0, 0.1) is 5.82 Å². The molecule has 4 heteroatoms. The average Bonchev–Trinajstić information content (AvgIpc) is 2.41. The third-order valence-corrected chi connectivity index (χ3v) is 2.97. The second kappa shape index (κ2) is 6.19. The van der Waals surface area contributed by atoms with E-state index in [2.05, 4.69) is 5.32 Å². The minimum atomic E-state index is -0.526. The quantitative estimate of drug-likeness (QED) is 0.900. The van der Waals surface area contributed by atoms with Gasteiger partial charge in [0.25, 0.3) is 5.91 Å². The van der Waals surface area contributed by atoms with Gasteiger partial charge in [-0.1, -0.05) is 24.3 Å². The standard InChI is InChI=1S/C16H16FNO2/c1-11(10-12-6-8-13(19)9-7-12)18-16(20)14-4-2-3-5-15(14)17/h2-9,11,19H,10H2,1H3,(H,18,20). The molecule has 0 fully saturated rings. The van der Waals surface area contributed by atoms with Crippen molar-refractivity contribution in [1.82, 2.24) is 5.32 Å². The van der Waals surface area contributed by atoms with Crippen molar-refractivity contribution in [3.8, 4) is 5.75 Å². The number of benzene rings is 2. The maximum atomic E-state index is 13.5. The summed E-state index contributed by atoms with van der Waals surface area (Å²) < 4.78 is 13.5. The Kier molecular flexibility index (Phi) is 4.35. The number of hydrogen-bond donors (Lipinski definition) is 2. The molecule has 0 spiro atoms. The zero-order valence-electron chi connectivity index (χ0n) is 11.1. The van der Waals surface area contributed by atoms with Gasteiger partial charge < -0.3 is 10.4 Å². The van der Waals surface area contributed by atoms with Crippen LogP contribution >= 0.6 is 0 Å². The molecule has 2 aromatic carbocycles. The van der Waals surface area contributed by atoms with Crippen molar-refractivity contribution in [1.29, 1.82) is 0 Å². The van der Waals surface area contributed by atoms with Crippen molar-refractivity contribution in [2.75, 3.05) is 0 Å². The van der Waals surface area contributed by atoms with Crippen LogP contribution in [-0.2, 0) is 6.42 Å². The Morgan fingerprint density at radius 1 is 1.20 bits per heavy atom. The van der Waals surface area contributed by atoms with E-state index in [0.717, 1.165) is 5.56 Å². The fraction of sp³-hybridized carbons (Fsp3) is 0.188. The van der Waals surface area contributed by atoms with Gasteiger partial charge in [0, 0.05) is 6.04 Å². The van der Waals surface area contributed by atoms with Gasteiger partial charge in [0.2, 0.25) is 0 Å². The van der Waals surface area contributed by atoms with Gasteiger partial charge in [0.1, 0.15) is 11.6 Å². The predicted octanol–water partition coefficient (Wildman–Crippen LogP) is 2.89. The molecule has 2 rings (SSSR count). The Labute approximate surface area is 117 Å². The van der Waals surface area contributed by atoms with E-state index in [1.165, 1.54) is 12.1 Å². The van der Waals surface area contributed by atoms with Crippen LogP contribution in [0.15, 0.2) is 48.5 Å². The summed E-state index contributed by atoms with van der Waals surface area (Å²) in [6.45, 7) is 1.85. The molecule has 0 radical (unpaired) electrons. The van der Waals surface area contributed by atoms with Gasteiger partial charge in [0.05, 0.1) is 5.56 Å². The van der Waals surface area contributed by atoms with Gasteiger partial charge in [-0.25, -0.2) is 4.39 Å². The fourth-order valence-corrected chi connectivity index (χ4v) is 1.98. The molecular formula is C16H16FNO2. The fourth-order valence-electron chi connectivity index (χ4n) is 1.98. The molecule has 2 aromatic rings. The van der Waals surface area contributed by atoms with Crippen molar-refractivity contribution in [3.05, 3.63) is 65.5 Å². The first-order valence-electron chi connectivity index (χ1n) is 6.39. The molecule has 0 aliphatic heterocycles. The molecule has 3 nitrogen and oxygen atoms in total. The highest BCUT2D eigenvalue weighted by Crippen LogP contribution is 2.12. The van der Waals surface area contributed by atoms with Crippen molar-refractivity contribution < 1.29 is 14.3 Å². The van der Waals surface area contributed by atoms with E-state index in [9.17, 15) is 14.3 Å². The molecular weight excluding hydrogens is 257 g/mol. The SMILES string of the molecule is CC(Cc1ccc(O)cc1)NC(=O)c1ccccc1F. The number of amides is 1. The summed E-state index contributed by atoms with van der Waals surface area (Å²) in [4.78, 5) is 11.9. The Morgan fingerprint density at radius 2 is 1.85 bits per heavy atom. The van der Waals surface area contributed by atoms with E-state index in [0.29, 0.717) is 6.42 Å². The van der Waals surface area contributed by atoms with Crippen molar-refractivity contribution in [3.63, 3.8) is 0 Å². The van der Waals surface area contributed by atoms with Crippen molar-refractivity contribution in [2.24, 2.45) is 0 Å². The predicted molar refractivity (Wildman–Crippen MR) is 75.1 cm³/mol. The van der Waals surface area contributed by atoms with Gasteiger partial charge in [-0.15, -0.1) is 0 Å². The van der Waals surface area contributed by atoms with E-state index < -0.39 is 11.7 Å². The molecule has 20 heavy (non-hydrogen) atoms. The molecule has 0 saturated heterocycles. The summed E-state index contributed by atoms with van der Waals surface area (Å²) in [6.07, 6.45) is 0.612. The molecule has 1 atom stereocenters. The van der Waals surface area contributed by atoms with E-state index >= 15 is 0 Å². The topological polar surface area (TPSA) is 49.3 Å². The minimum absolute atomic E-state index is 0.0463. The number of phenols is 1. The minimum Gasteiger partial charge on any atom is -0.508 e. The number of halogens is 1. The molecule has 1 unspecified atom stereocenters. The van der Waals surface area contributed by atoms with Crippen LogP contribution in [-0.4, -0.2) is 17.1 Å².